The van der Waals surface area contributed by atoms with E-state index in [1.165, 1.54) is 6.33 Å². The summed E-state index contributed by atoms with van der Waals surface area (Å²) >= 11 is 5.02. The number of thiazole rings is 1. The van der Waals surface area contributed by atoms with Crippen LogP contribution in [0.4, 0.5) is 11.6 Å². The highest BCUT2D eigenvalue weighted by molar-refractivity contribution is 9.10. The first-order valence-corrected chi connectivity index (χ1v) is 6.58. The summed E-state index contributed by atoms with van der Waals surface area (Å²) < 4.78 is 0.724. The van der Waals surface area contributed by atoms with Crippen LogP contribution in [0.3, 0.4) is 0 Å². The molecule has 0 aliphatic heterocycles. The molecule has 0 radical (unpaired) electrons. The Labute approximate surface area is 111 Å². The second-order valence-electron chi connectivity index (χ2n) is 3.13. The number of hydrogen-bond acceptors (Lipinski definition) is 7. The second-order valence-corrected chi connectivity index (χ2v) is 4.90. The average molecular weight is 315 g/mol. The Bertz CT molecular complexity index is 474. The summed E-state index contributed by atoms with van der Waals surface area (Å²) in [5.41, 5.74) is 2.49. The van der Waals surface area contributed by atoms with Gasteiger partial charge in [0, 0.05) is 24.5 Å². The number of rotatable bonds is 5. The van der Waals surface area contributed by atoms with E-state index in [1.807, 2.05) is 5.38 Å². The highest BCUT2D eigenvalue weighted by Crippen LogP contribution is 2.25. The van der Waals surface area contributed by atoms with Crippen LogP contribution in [0.15, 0.2) is 22.4 Å². The molecule has 0 saturated heterocycles. The molecule has 0 fully saturated rings. The van der Waals surface area contributed by atoms with Crippen molar-refractivity contribution in [1.82, 2.24) is 15.0 Å². The SMILES string of the molecule is NNc1ncnc(NCCc2nccs2)c1Br. The molecular formula is C9H11BrN6S. The van der Waals surface area contributed by atoms with Crippen LogP contribution in [0.2, 0.25) is 0 Å². The molecule has 0 atom stereocenters. The molecule has 6 nitrogen and oxygen atoms in total. The van der Waals surface area contributed by atoms with Crippen molar-refractivity contribution < 1.29 is 0 Å². The van der Waals surface area contributed by atoms with E-state index in [0.717, 1.165) is 22.4 Å². The van der Waals surface area contributed by atoms with Crippen molar-refractivity contribution >= 4 is 38.9 Å². The van der Waals surface area contributed by atoms with E-state index in [1.54, 1.807) is 17.5 Å². The summed E-state index contributed by atoms with van der Waals surface area (Å²) in [7, 11) is 0. The number of aromatic nitrogens is 3. The van der Waals surface area contributed by atoms with Gasteiger partial charge in [-0.05, 0) is 15.9 Å². The van der Waals surface area contributed by atoms with Crippen molar-refractivity contribution in [3.63, 3.8) is 0 Å². The van der Waals surface area contributed by atoms with E-state index < -0.39 is 0 Å². The van der Waals surface area contributed by atoms with Crippen LogP contribution in [0.5, 0.6) is 0 Å². The minimum Gasteiger partial charge on any atom is -0.369 e. The molecule has 2 aromatic rings. The lowest BCUT2D eigenvalue weighted by Crippen LogP contribution is -2.12. The van der Waals surface area contributed by atoms with Crippen LogP contribution in [0.25, 0.3) is 0 Å². The first kappa shape index (κ1) is 12.2. The maximum Gasteiger partial charge on any atom is 0.159 e. The zero-order chi connectivity index (χ0) is 12.1. The van der Waals surface area contributed by atoms with Gasteiger partial charge in [-0.15, -0.1) is 11.3 Å². The Balaban J connectivity index is 1.95. The Hall–Kier alpha value is -1.25. The van der Waals surface area contributed by atoms with Crippen molar-refractivity contribution in [2.75, 3.05) is 17.3 Å². The van der Waals surface area contributed by atoms with Crippen LogP contribution >= 0.6 is 27.3 Å². The smallest absolute Gasteiger partial charge is 0.159 e. The van der Waals surface area contributed by atoms with Gasteiger partial charge in [0.05, 0.1) is 5.01 Å². The second kappa shape index (κ2) is 5.89. The predicted octanol–water partition coefficient (Wildman–Crippen LogP) is 1.64. The molecule has 2 heterocycles. The summed E-state index contributed by atoms with van der Waals surface area (Å²) in [6.45, 7) is 0.757. The number of halogens is 1. The minimum absolute atomic E-state index is 0.553. The molecule has 0 saturated carbocycles. The molecular weight excluding hydrogens is 304 g/mol. The molecule has 0 amide bonds. The van der Waals surface area contributed by atoms with Gasteiger partial charge in [0.15, 0.2) is 5.82 Å². The van der Waals surface area contributed by atoms with Crippen molar-refractivity contribution in [2.24, 2.45) is 5.84 Å². The highest BCUT2D eigenvalue weighted by atomic mass is 79.9. The van der Waals surface area contributed by atoms with E-state index in [-0.39, 0.29) is 0 Å². The minimum atomic E-state index is 0.553. The van der Waals surface area contributed by atoms with Gasteiger partial charge >= 0.3 is 0 Å². The number of nitrogens with one attached hydrogen (secondary N) is 2. The fraction of sp³-hybridized carbons (Fsp3) is 0.222. The highest BCUT2D eigenvalue weighted by Gasteiger charge is 2.06. The Kier molecular flexibility index (Phi) is 4.24. The Morgan fingerprint density at radius 1 is 1.29 bits per heavy atom. The van der Waals surface area contributed by atoms with Gasteiger partial charge in [0.2, 0.25) is 0 Å². The fourth-order valence-electron chi connectivity index (χ4n) is 1.26. The maximum atomic E-state index is 5.32. The third-order valence-electron chi connectivity index (χ3n) is 2.04. The molecule has 4 N–H and O–H groups in total. The van der Waals surface area contributed by atoms with Gasteiger partial charge in [-0.1, -0.05) is 0 Å². The average Bonchev–Trinajstić information content (AvgIpc) is 2.84. The van der Waals surface area contributed by atoms with Crippen LogP contribution in [0, 0.1) is 0 Å². The monoisotopic (exact) mass is 314 g/mol. The number of hydrazine groups is 1. The Morgan fingerprint density at radius 2 is 2.12 bits per heavy atom. The van der Waals surface area contributed by atoms with E-state index in [0.29, 0.717) is 11.6 Å². The number of nitrogens with zero attached hydrogens (tertiary/aromatic N) is 3. The molecule has 2 rings (SSSR count). The van der Waals surface area contributed by atoms with Crippen LogP contribution in [-0.4, -0.2) is 21.5 Å². The van der Waals surface area contributed by atoms with E-state index in [9.17, 15) is 0 Å². The van der Waals surface area contributed by atoms with Crippen molar-refractivity contribution in [3.05, 3.63) is 27.4 Å². The van der Waals surface area contributed by atoms with E-state index >= 15 is 0 Å². The van der Waals surface area contributed by atoms with Gasteiger partial charge in [-0.25, -0.2) is 20.8 Å². The molecule has 8 heteroatoms. The lowest BCUT2D eigenvalue weighted by molar-refractivity contribution is 0.979. The summed E-state index contributed by atoms with van der Waals surface area (Å²) in [5.74, 6) is 6.58. The Morgan fingerprint density at radius 3 is 2.82 bits per heavy atom. The maximum absolute atomic E-state index is 5.32. The van der Waals surface area contributed by atoms with Gasteiger partial charge in [-0.2, -0.15) is 0 Å². The third kappa shape index (κ3) is 3.11. The van der Waals surface area contributed by atoms with Crippen molar-refractivity contribution in [2.45, 2.75) is 6.42 Å². The predicted molar refractivity (Wildman–Crippen MR) is 71.8 cm³/mol. The van der Waals surface area contributed by atoms with Gasteiger partial charge in [0.25, 0.3) is 0 Å². The summed E-state index contributed by atoms with van der Waals surface area (Å²) in [6.07, 6.45) is 4.11. The number of hydrogen-bond donors (Lipinski definition) is 3. The standard InChI is InChI=1S/C9H11BrN6S/c10-7-8(14-5-15-9(7)16-11)13-2-1-6-12-3-4-17-6/h3-5H,1-2,11H2,(H2,13,14,15,16). The fourth-order valence-corrected chi connectivity index (χ4v) is 2.34. The number of nitrogen functional groups attached to an aromatic ring is 1. The largest absolute Gasteiger partial charge is 0.369 e. The van der Waals surface area contributed by atoms with Crippen LogP contribution in [-0.2, 0) is 6.42 Å². The normalized spacial score (nSPS) is 10.2. The van der Waals surface area contributed by atoms with Gasteiger partial charge in [0.1, 0.15) is 16.6 Å². The molecule has 90 valence electrons. The zero-order valence-electron chi connectivity index (χ0n) is 8.85. The van der Waals surface area contributed by atoms with Crippen LogP contribution < -0.4 is 16.6 Å². The summed E-state index contributed by atoms with van der Waals surface area (Å²) in [6, 6.07) is 0. The summed E-state index contributed by atoms with van der Waals surface area (Å²) in [4.78, 5) is 12.3. The topological polar surface area (TPSA) is 88.8 Å². The molecule has 0 aliphatic rings. The molecule has 0 spiro atoms. The first-order chi connectivity index (χ1) is 8.31. The van der Waals surface area contributed by atoms with E-state index in [2.05, 4.69) is 41.6 Å². The van der Waals surface area contributed by atoms with Gasteiger partial charge < -0.3 is 10.7 Å². The molecule has 0 aliphatic carbocycles. The number of nitrogens with two attached hydrogens (primary N) is 1. The molecule has 2 aromatic heterocycles. The molecule has 0 bridgehead atoms. The quantitative estimate of drug-likeness (QED) is 0.574. The summed E-state index contributed by atoms with van der Waals surface area (Å²) in [5, 5.41) is 6.26. The van der Waals surface area contributed by atoms with Crippen LogP contribution in [0.1, 0.15) is 5.01 Å². The lowest BCUT2D eigenvalue weighted by atomic mass is 10.4. The van der Waals surface area contributed by atoms with Gasteiger partial charge in [-0.3, -0.25) is 0 Å². The lowest BCUT2D eigenvalue weighted by Gasteiger charge is -2.08. The third-order valence-corrected chi connectivity index (χ3v) is 3.63. The van der Waals surface area contributed by atoms with Crippen molar-refractivity contribution in [3.8, 4) is 0 Å². The van der Waals surface area contributed by atoms with Crippen molar-refractivity contribution in [1.29, 1.82) is 0 Å². The zero-order valence-corrected chi connectivity index (χ0v) is 11.3. The molecule has 0 aromatic carbocycles. The first-order valence-electron chi connectivity index (χ1n) is 4.90. The number of anilines is 2. The molecule has 17 heavy (non-hydrogen) atoms. The molecule has 0 unspecified atom stereocenters. The van der Waals surface area contributed by atoms with E-state index in [4.69, 9.17) is 5.84 Å².